The van der Waals surface area contributed by atoms with Crippen molar-refractivity contribution in [1.82, 2.24) is 24.6 Å². The van der Waals surface area contributed by atoms with Gasteiger partial charge in [0, 0.05) is 53.0 Å². The largest absolute Gasteiger partial charge is 0.481 e. The molecule has 0 saturated carbocycles. The number of carbonyl (C=O) groups excluding carboxylic acids is 3. The Hall–Kier alpha value is -5.26. The smallest absolute Gasteiger partial charge is 0.410 e. The van der Waals surface area contributed by atoms with E-state index in [1.54, 1.807) is 50.9 Å². The molecule has 1 aliphatic rings. The van der Waals surface area contributed by atoms with Crippen molar-refractivity contribution >= 4 is 47.1 Å². The second kappa shape index (κ2) is 14.8. The summed E-state index contributed by atoms with van der Waals surface area (Å²) < 4.78 is 12.7. The van der Waals surface area contributed by atoms with Gasteiger partial charge in [0.05, 0.1) is 35.1 Å². The molecule has 0 bridgehead atoms. The Kier molecular flexibility index (Phi) is 10.4. The summed E-state index contributed by atoms with van der Waals surface area (Å²) >= 11 is 14.2. The molecule has 268 valence electrons. The number of fused-ring (bicyclic) bond motifs is 1. The molecule has 1 N–H and O–H groups in total. The number of nitrogens with one attached hydrogen (secondary N) is 1. The summed E-state index contributed by atoms with van der Waals surface area (Å²) in [5, 5.41) is 3.78. The number of hydrogen-bond donors (Lipinski definition) is 1. The van der Waals surface area contributed by atoms with Crippen LogP contribution in [0.2, 0.25) is 10.0 Å². The lowest BCUT2D eigenvalue weighted by Crippen LogP contribution is -2.43. The van der Waals surface area contributed by atoms with Gasteiger partial charge in [-0.1, -0.05) is 59.6 Å². The molecule has 1 saturated heterocycles. The predicted molar refractivity (Wildman–Crippen MR) is 200 cm³/mol. The number of ether oxygens (including phenoxy) is 2. The molecule has 13 heteroatoms. The molecule has 0 unspecified atom stereocenters. The van der Waals surface area contributed by atoms with Gasteiger partial charge in [-0.25, -0.2) is 14.8 Å². The fourth-order valence-corrected chi connectivity index (χ4v) is 6.86. The maximum atomic E-state index is 13.3. The van der Waals surface area contributed by atoms with E-state index in [2.05, 4.69) is 10.3 Å². The summed E-state index contributed by atoms with van der Waals surface area (Å²) in [6.07, 6.45) is 2.62. The quantitative estimate of drug-likeness (QED) is 0.153. The Balaban J connectivity index is 1.32. The normalized spacial score (nSPS) is 14.3. The molecule has 0 spiro atoms. The highest BCUT2D eigenvalue weighted by atomic mass is 35.5. The second-order valence-corrected chi connectivity index (χ2v) is 14.3. The fourth-order valence-electron chi connectivity index (χ4n) is 6.20. The van der Waals surface area contributed by atoms with Gasteiger partial charge in [0.25, 0.3) is 5.56 Å². The van der Waals surface area contributed by atoms with Crippen molar-refractivity contribution in [1.29, 1.82) is 0 Å². The summed E-state index contributed by atoms with van der Waals surface area (Å²) in [6, 6.07) is 18.1. The molecule has 6 rings (SSSR count). The van der Waals surface area contributed by atoms with Gasteiger partial charge in [-0.3, -0.25) is 18.8 Å². The first-order valence-corrected chi connectivity index (χ1v) is 17.4. The summed E-state index contributed by atoms with van der Waals surface area (Å²) in [6.45, 7) is 7.44. The van der Waals surface area contributed by atoms with Crippen LogP contribution in [0.4, 0.5) is 4.79 Å². The number of halogens is 2. The van der Waals surface area contributed by atoms with Gasteiger partial charge in [0.1, 0.15) is 16.8 Å². The van der Waals surface area contributed by atoms with Crippen molar-refractivity contribution in [2.45, 2.75) is 58.7 Å². The Labute approximate surface area is 310 Å². The lowest BCUT2D eigenvalue weighted by Gasteiger charge is -2.29. The Morgan fingerprint density at radius 2 is 1.67 bits per heavy atom. The van der Waals surface area contributed by atoms with E-state index >= 15 is 0 Å². The number of nitrogens with zero attached hydrogens (tertiary/aromatic N) is 4. The van der Waals surface area contributed by atoms with Crippen LogP contribution in [0.25, 0.3) is 39.2 Å². The minimum Gasteiger partial charge on any atom is -0.481 e. The van der Waals surface area contributed by atoms with Crippen molar-refractivity contribution in [3.05, 3.63) is 104 Å². The predicted octanol–water partition coefficient (Wildman–Crippen LogP) is 7.54. The van der Waals surface area contributed by atoms with E-state index in [0.717, 1.165) is 5.56 Å². The van der Waals surface area contributed by atoms with Gasteiger partial charge in [-0.15, -0.1) is 0 Å². The van der Waals surface area contributed by atoms with E-state index in [1.807, 2.05) is 48.5 Å². The van der Waals surface area contributed by atoms with Crippen LogP contribution < -0.4 is 15.6 Å². The molecule has 52 heavy (non-hydrogen) atoms. The first-order chi connectivity index (χ1) is 24.8. The van der Waals surface area contributed by atoms with E-state index in [1.165, 1.54) is 11.5 Å². The lowest BCUT2D eigenvalue weighted by molar-refractivity contribution is -0.119. The number of benzene rings is 2. The third-order valence-corrected chi connectivity index (χ3v) is 9.53. The van der Waals surface area contributed by atoms with Gasteiger partial charge >= 0.3 is 6.09 Å². The average Bonchev–Trinajstić information content (AvgIpc) is 3.52. The van der Waals surface area contributed by atoms with E-state index in [9.17, 15) is 19.2 Å². The van der Waals surface area contributed by atoms with Crippen LogP contribution in [0.3, 0.4) is 0 Å². The molecule has 11 nitrogen and oxygen atoms in total. The zero-order chi connectivity index (χ0) is 37.3. The number of amides is 2. The molecule has 2 aromatic carbocycles. The lowest BCUT2D eigenvalue weighted by atomic mass is 9.97. The highest BCUT2D eigenvalue weighted by Gasteiger charge is 2.29. The summed E-state index contributed by atoms with van der Waals surface area (Å²) in [5.74, 6) is 0.265. The number of aryl methyl sites for hydroxylation is 1. The van der Waals surface area contributed by atoms with Crippen molar-refractivity contribution in [3.63, 3.8) is 0 Å². The monoisotopic (exact) mass is 741 g/mol. The number of aromatic nitrogens is 3. The van der Waals surface area contributed by atoms with Gasteiger partial charge in [-0.2, -0.15) is 0 Å². The van der Waals surface area contributed by atoms with Crippen molar-refractivity contribution < 1.29 is 23.9 Å². The minimum absolute atomic E-state index is 0.0138. The minimum atomic E-state index is -0.709. The van der Waals surface area contributed by atoms with Gasteiger partial charge in [0.2, 0.25) is 11.8 Å². The topological polar surface area (TPSA) is 132 Å². The van der Waals surface area contributed by atoms with E-state index in [0.29, 0.717) is 79.9 Å². The molecule has 1 aliphatic heterocycles. The van der Waals surface area contributed by atoms with Crippen LogP contribution in [0.5, 0.6) is 5.88 Å². The number of carbonyl (C=O) groups is 3. The Morgan fingerprint density at radius 1 is 1.00 bits per heavy atom. The molecular formula is C39H37Cl2N5O6. The Bertz CT molecular complexity index is 2280. The van der Waals surface area contributed by atoms with Gasteiger partial charge in [-0.05, 0) is 63.9 Å². The number of methoxy groups -OCH3 is 1. The molecule has 0 aliphatic carbocycles. The highest BCUT2D eigenvalue weighted by molar-refractivity contribution is 6.39. The van der Waals surface area contributed by atoms with Crippen LogP contribution >= 0.6 is 23.2 Å². The second-order valence-electron chi connectivity index (χ2n) is 13.5. The molecule has 4 heterocycles. The zero-order valence-corrected chi connectivity index (χ0v) is 30.8. The van der Waals surface area contributed by atoms with Crippen LogP contribution in [0.1, 0.15) is 55.2 Å². The summed E-state index contributed by atoms with van der Waals surface area (Å²) in [5.41, 5.74) is 4.20. The Morgan fingerprint density at radius 3 is 2.31 bits per heavy atom. The third kappa shape index (κ3) is 7.51. The fraction of sp³-hybridized carbons (Fsp3) is 0.282. The van der Waals surface area contributed by atoms with E-state index in [-0.39, 0.29) is 30.6 Å². The highest BCUT2D eigenvalue weighted by Crippen LogP contribution is 2.42. The molecule has 0 radical (unpaired) electrons. The molecule has 3 aromatic heterocycles. The maximum Gasteiger partial charge on any atom is 0.410 e. The van der Waals surface area contributed by atoms with Gasteiger partial charge < -0.3 is 19.7 Å². The van der Waals surface area contributed by atoms with E-state index < -0.39 is 17.3 Å². The zero-order valence-electron chi connectivity index (χ0n) is 29.3. The molecular weight excluding hydrogens is 705 g/mol. The van der Waals surface area contributed by atoms with Crippen LogP contribution in [-0.4, -0.2) is 62.9 Å². The van der Waals surface area contributed by atoms with Crippen molar-refractivity contribution in [3.8, 4) is 39.4 Å². The summed E-state index contributed by atoms with van der Waals surface area (Å²) in [7, 11) is 1.51. The van der Waals surface area contributed by atoms with Gasteiger partial charge in [0.15, 0.2) is 6.29 Å². The number of pyridine rings is 2. The summed E-state index contributed by atoms with van der Waals surface area (Å²) in [4.78, 5) is 60.1. The SMILES string of the molecule is COc1nc(-c2cccc(-c3cccc(-c4ccn5c(=O)c(C=O)c(C)nc5c4)c3Cl)c2Cl)ccc1CN(C[C@@H]1CCC(=O)N1)C(=O)OC(C)(C)C. The first kappa shape index (κ1) is 36.5. The molecule has 5 aromatic rings. The first-order valence-electron chi connectivity index (χ1n) is 16.7. The van der Waals surface area contributed by atoms with Crippen LogP contribution in [-0.2, 0) is 16.1 Å². The van der Waals surface area contributed by atoms with Crippen molar-refractivity contribution in [2.75, 3.05) is 13.7 Å². The molecule has 1 atom stereocenters. The third-order valence-electron chi connectivity index (χ3n) is 8.72. The maximum absolute atomic E-state index is 13.3. The van der Waals surface area contributed by atoms with Crippen LogP contribution in [0, 0.1) is 6.92 Å². The molecule has 1 fully saturated rings. The number of rotatable bonds is 9. The van der Waals surface area contributed by atoms with Crippen molar-refractivity contribution in [2.24, 2.45) is 0 Å². The molecule has 2 amide bonds. The standard InChI is InChI=1S/C39H37Cl2N5O6/c1-22-30(21-47)37(49)46-17-16-23(18-32(46)42-22)26-8-6-9-27(34(26)40)28-10-7-11-29(35(28)41)31-14-12-24(36(44-31)51-5)19-45(38(50)52-39(2,3)4)20-25-13-15-33(48)43-25/h6-12,14,16-18,21,25H,13,15,19-20H2,1-5H3,(H,43,48)/t25-/m0/s1. The average molecular weight is 743 g/mol. The number of aldehydes is 1. The number of hydrogen-bond acceptors (Lipinski definition) is 8. The van der Waals surface area contributed by atoms with E-state index in [4.69, 9.17) is 37.7 Å². The van der Waals surface area contributed by atoms with Crippen LogP contribution in [0.15, 0.2) is 71.7 Å².